The molecule has 1 aromatic carbocycles. The fourth-order valence-electron chi connectivity index (χ4n) is 5.14. The second-order valence-corrected chi connectivity index (χ2v) is 10.4. The molecule has 2 aliphatic rings. The van der Waals surface area contributed by atoms with Gasteiger partial charge in [-0.05, 0) is 81.8 Å². The summed E-state index contributed by atoms with van der Waals surface area (Å²) < 4.78 is 20.7. The molecule has 6 nitrogen and oxygen atoms in total. The van der Waals surface area contributed by atoms with E-state index in [9.17, 15) is 14.3 Å². The third kappa shape index (κ3) is 6.83. The van der Waals surface area contributed by atoms with Crippen LogP contribution in [0.1, 0.15) is 62.7 Å². The van der Waals surface area contributed by atoms with E-state index in [1.807, 2.05) is 50.2 Å². The molecule has 7 heteroatoms. The summed E-state index contributed by atoms with van der Waals surface area (Å²) in [6.07, 6.45) is 6.10. The smallest absolute Gasteiger partial charge is 0.253 e. The quantitative estimate of drug-likeness (QED) is 0.530. The summed E-state index contributed by atoms with van der Waals surface area (Å²) >= 11 is 0. The van der Waals surface area contributed by atoms with Gasteiger partial charge in [-0.2, -0.15) is 0 Å². The largest absolute Gasteiger partial charge is 0.492 e. The van der Waals surface area contributed by atoms with Crippen LogP contribution >= 0.6 is 0 Å². The molecule has 0 radical (unpaired) electrons. The van der Waals surface area contributed by atoms with Crippen LogP contribution in [-0.4, -0.2) is 76.9 Å². The van der Waals surface area contributed by atoms with E-state index in [4.69, 9.17) is 4.74 Å². The maximum atomic E-state index is 14.7. The van der Waals surface area contributed by atoms with Gasteiger partial charge in [0.15, 0.2) is 0 Å². The third-order valence-electron chi connectivity index (χ3n) is 7.81. The zero-order valence-corrected chi connectivity index (χ0v) is 21.7. The third-order valence-corrected chi connectivity index (χ3v) is 7.81. The highest BCUT2D eigenvalue weighted by Gasteiger charge is 2.30. The fourth-order valence-corrected chi connectivity index (χ4v) is 5.14. The van der Waals surface area contributed by atoms with E-state index in [1.54, 1.807) is 11.1 Å². The molecule has 1 amide bonds. The van der Waals surface area contributed by atoms with Crippen LogP contribution < -0.4 is 4.74 Å². The van der Waals surface area contributed by atoms with Crippen molar-refractivity contribution in [3.63, 3.8) is 0 Å². The number of hydrogen-bond acceptors (Lipinski definition) is 5. The van der Waals surface area contributed by atoms with Crippen molar-refractivity contribution in [2.75, 3.05) is 39.3 Å². The van der Waals surface area contributed by atoms with Gasteiger partial charge in [-0.15, -0.1) is 0 Å². The molecular formula is C29H40FN3O3. The summed E-state index contributed by atoms with van der Waals surface area (Å²) in [6, 6.07) is 11.3. The lowest BCUT2D eigenvalue weighted by molar-refractivity contribution is 0.0474. The van der Waals surface area contributed by atoms with Crippen LogP contribution in [0, 0.1) is 5.92 Å². The number of pyridine rings is 1. The van der Waals surface area contributed by atoms with Gasteiger partial charge in [-0.25, -0.2) is 4.39 Å². The van der Waals surface area contributed by atoms with Crippen LogP contribution in [0.3, 0.4) is 0 Å². The minimum absolute atomic E-state index is 0.0393. The summed E-state index contributed by atoms with van der Waals surface area (Å²) in [7, 11) is 0. The van der Waals surface area contributed by atoms with E-state index >= 15 is 0 Å². The molecule has 0 saturated carbocycles. The van der Waals surface area contributed by atoms with Gasteiger partial charge >= 0.3 is 0 Å². The first-order valence-electron chi connectivity index (χ1n) is 13.5. The number of piperidine rings is 2. The summed E-state index contributed by atoms with van der Waals surface area (Å²) in [6.45, 7) is 8.00. The van der Waals surface area contributed by atoms with Crippen molar-refractivity contribution in [2.24, 2.45) is 5.92 Å². The first-order chi connectivity index (χ1) is 17.4. The number of β-amino-alcohol motifs (C(OH)–C–C–N with tert-alkyl or cyclic N) is 1. The number of aliphatic hydroxyl groups is 1. The van der Waals surface area contributed by atoms with Crippen molar-refractivity contribution < 1.29 is 19.0 Å². The Morgan fingerprint density at radius 2 is 1.81 bits per heavy atom. The Kier molecular flexibility index (Phi) is 8.96. The van der Waals surface area contributed by atoms with Gasteiger partial charge in [0.2, 0.25) is 0 Å². The molecular weight excluding hydrogens is 457 g/mol. The number of aromatic nitrogens is 1. The number of aliphatic hydroxyl groups excluding tert-OH is 1. The van der Waals surface area contributed by atoms with Crippen molar-refractivity contribution in [1.29, 1.82) is 0 Å². The summed E-state index contributed by atoms with van der Waals surface area (Å²) in [5, 5.41) is 9.84. The Hall–Kier alpha value is -2.51. The van der Waals surface area contributed by atoms with Crippen LogP contribution in [0.15, 0.2) is 42.6 Å². The van der Waals surface area contributed by atoms with Crippen molar-refractivity contribution in [3.8, 4) is 17.0 Å². The SMILES string of the molecule is CCC(F)(CC)CN1CCC(COc2ccc(-c3ccc(C(=O)N4CCC[C@@H](O)C4)cc3)nc2)CC1. The van der Waals surface area contributed by atoms with Gasteiger partial charge in [-0.1, -0.05) is 26.0 Å². The molecule has 2 fully saturated rings. The lowest BCUT2D eigenvalue weighted by Gasteiger charge is -2.36. The number of nitrogens with zero attached hydrogens (tertiary/aromatic N) is 3. The topological polar surface area (TPSA) is 65.9 Å². The molecule has 0 spiro atoms. The van der Waals surface area contributed by atoms with Crippen LogP contribution in [0.4, 0.5) is 4.39 Å². The minimum Gasteiger partial charge on any atom is -0.492 e. The van der Waals surface area contributed by atoms with Gasteiger partial charge < -0.3 is 19.6 Å². The van der Waals surface area contributed by atoms with Crippen molar-refractivity contribution in [2.45, 2.75) is 64.1 Å². The zero-order chi connectivity index (χ0) is 25.5. The van der Waals surface area contributed by atoms with Gasteiger partial charge in [0, 0.05) is 30.8 Å². The molecule has 36 heavy (non-hydrogen) atoms. The zero-order valence-electron chi connectivity index (χ0n) is 21.7. The summed E-state index contributed by atoms with van der Waals surface area (Å²) in [5.41, 5.74) is 1.32. The van der Waals surface area contributed by atoms with Crippen molar-refractivity contribution in [1.82, 2.24) is 14.8 Å². The van der Waals surface area contributed by atoms with Gasteiger partial charge in [0.25, 0.3) is 5.91 Å². The van der Waals surface area contributed by atoms with Gasteiger partial charge in [-0.3, -0.25) is 9.78 Å². The molecule has 2 aliphatic heterocycles. The number of carbonyl (C=O) groups is 1. The normalized spacial score (nSPS) is 19.9. The number of carbonyl (C=O) groups excluding carboxylic acids is 1. The molecule has 1 atom stereocenters. The van der Waals surface area contributed by atoms with Crippen molar-refractivity contribution in [3.05, 3.63) is 48.2 Å². The van der Waals surface area contributed by atoms with Crippen molar-refractivity contribution >= 4 is 5.91 Å². The number of amides is 1. The predicted octanol–water partition coefficient (Wildman–Crippen LogP) is 4.96. The molecule has 0 unspecified atom stereocenters. The van der Waals surface area contributed by atoms with E-state index in [0.717, 1.165) is 55.8 Å². The number of hydrogen-bond donors (Lipinski definition) is 1. The number of likely N-dealkylation sites (tertiary alicyclic amines) is 2. The highest BCUT2D eigenvalue weighted by Crippen LogP contribution is 2.26. The molecule has 4 rings (SSSR count). The number of alkyl halides is 1. The Balaban J connectivity index is 1.24. The second-order valence-electron chi connectivity index (χ2n) is 10.4. The molecule has 196 valence electrons. The van der Waals surface area contributed by atoms with Crippen LogP contribution in [0.2, 0.25) is 0 Å². The number of rotatable bonds is 9. The molecule has 0 bridgehead atoms. The molecule has 1 N–H and O–H groups in total. The Bertz CT molecular complexity index is 970. The predicted molar refractivity (Wildman–Crippen MR) is 140 cm³/mol. The average Bonchev–Trinajstić information content (AvgIpc) is 2.92. The maximum absolute atomic E-state index is 14.7. The number of benzene rings is 1. The van der Waals surface area contributed by atoms with Gasteiger partial charge in [0.05, 0.1) is 24.6 Å². The average molecular weight is 498 g/mol. The lowest BCUT2D eigenvalue weighted by atomic mass is 9.94. The van der Waals surface area contributed by atoms with E-state index < -0.39 is 11.8 Å². The lowest BCUT2D eigenvalue weighted by Crippen LogP contribution is -2.44. The van der Waals surface area contributed by atoms with E-state index in [2.05, 4.69) is 9.88 Å². The van der Waals surface area contributed by atoms with Crippen LogP contribution in [-0.2, 0) is 0 Å². The van der Waals surface area contributed by atoms with Crippen LogP contribution in [0.25, 0.3) is 11.3 Å². The fraction of sp³-hybridized carbons (Fsp3) is 0.586. The first kappa shape index (κ1) is 26.6. The molecule has 1 aromatic heterocycles. The number of ether oxygens (including phenoxy) is 1. The van der Waals surface area contributed by atoms with Crippen LogP contribution in [0.5, 0.6) is 5.75 Å². The molecule has 2 aromatic rings. The highest BCUT2D eigenvalue weighted by molar-refractivity contribution is 5.94. The minimum atomic E-state index is -1.07. The van der Waals surface area contributed by atoms with E-state index in [0.29, 0.717) is 50.6 Å². The maximum Gasteiger partial charge on any atom is 0.253 e. The Labute approximate surface area is 214 Å². The standard InChI is InChI=1S/C29H40FN3O3/c1-3-29(30,4-2)21-32-16-13-22(14-17-32)20-36-26-11-12-27(31-18-26)23-7-9-24(10-8-23)28(35)33-15-5-6-25(34)19-33/h7-12,18,22,25,34H,3-6,13-17,19-21H2,1-2H3/t25-/m1/s1. The molecule has 0 aliphatic carbocycles. The molecule has 3 heterocycles. The van der Waals surface area contributed by atoms with Gasteiger partial charge in [0.1, 0.15) is 11.4 Å². The number of halogens is 1. The Morgan fingerprint density at radius 3 is 2.42 bits per heavy atom. The summed E-state index contributed by atoms with van der Waals surface area (Å²) in [4.78, 5) is 21.2. The monoisotopic (exact) mass is 497 g/mol. The van der Waals surface area contributed by atoms with E-state index in [1.165, 1.54) is 0 Å². The first-order valence-corrected chi connectivity index (χ1v) is 13.5. The summed E-state index contributed by atoms with van der Waals surface area (Å²) in [5.74, 6) is 1.18. The Morgan fingerprint density at radius 1 is 1.08 bits per heavy atom. The highest BCUT2D eigenvalue weighted by atomic mass is 19.1. The van der Waals surface area contributed by atoms with E-state index in [-0.39, 0.29) is 5.91 Å². The molecule has 2 saturated heterocycles. The second kappa shape index (κ2) is 12.2.